The number of fused-ring (bicyclic) bond motifs is 1. The molecule has 0 radical (unpaired) electrons. The molecule has 1 N–H and O–H groups in total. The maximum absolute atomic E-state index is 13.9. The smallest absolute Gasteiger partial charge is 0.372 e. The first-order valence-electron chi connectivity index (χ1n) is 11.6. The van der Waals surface area contributed by atoms with Gasteiger partial charge in [0.2, 0.25) is 11.7 Å². The first-order valence-corrected chi connectivity index (χ1v) is 13.4. The minimum Gasteiger partial charge on any atom is -0.475 e. The third-order valence-electron chi connectivity index (χ3n) is 6.06. The van der Waals surface area contributed by atoms with Crippen LogP contribution in [0.5, 0.6) is 0 Å². The molecule has 0 aliphatic rings. The Labute approximate surface area is 224 Å². The van der Waals surface area contributed by atoms with Crippen molar-refractivity contribution in [3.63, 3.8) is 0 Å². The van der Waals surface area contributed by atoms with Crippen molar-refractivity contribution in [1.82, 2.24) is 4.90 Å². The molecule has 0 bridgehead atoms. The summed E-state index contributed by atoms with van der Waals surface area (Å²) < 4.78 is 39.7. The van der Waals surface area contributed by atoms with E-state index in [4.69, 9.17) is 20.4 Å². The van der Waals surface area contributed by atoms with E-state index < -0.39 is 16.0 Å². The third-order valence-corrected chi connectivity index (χ3v) is 8.18. The van der Waals surface area contributed by atoms with E-state index in [9.17, 15) is 23.1 Å². The van der Waals surface area contributed by atoms with Gasteiger partial charge in [0.05, 0.1) is 23.4 Å². The molecule has 0 atom stereocenters. The number of anilines is 1. The van der Waals surface area contributed by atoms with E-state index in [1.54, 1.807) is 44.2 Å². The monoisotopic (exact) mass is 556 g/mol. The first kappa shape index (κ1) is 27.0. The van der Waals surface area contributed by atoms with E-state index in [1.807, 2.05) is 0 Å². The van der Waals surface area contributed by atoms with Crippen molar-refractivity contribution < 1.29 is 31.9 Å². The van der Waals surface area contributed by atoms with Crippen molar-refractivity contribution in [1.29, 1.82) is 0 Å². The number of aromatic carboxylic acids is 1. The molecular weight excluding hydrogens is 532 g/mol. The van der Waals surface area contributed by atoms with Crippen molar-refractivity contribution in [2.45, 2.75) is 31.8 Å². The van der Waals surface area contributed by atoms with Crippen molar-refractivity contribution in [2.24, 2.45) is 0 Å². The summed E-state index contributed by atoms with van der Waals surface area (Å²) >= 11 is 6.28. The molecule has 0 unspecified atom stereocenters. The molecule has 9 nitrogen and oxygen atoms in total. The molecule has 38 heavy (non-hydrogen) atoms. The summed E-state index contributed by atoms with van der Waals surface area (Å²) in [4.78, 5) is 25.5. The Kier molecular flexibility index (Phi) is 7.66. The number of hydrogen-bond donors (Lipinski definition) is 1. The predicted octanol–water partition coefficient (Wildman–Crippen LogP) is 5.62. The third kappa shape index (κ3) is 5.18. The lowest BCUT2D eigenvalue weighted by Gasteiger charge is -2.28. The molecule has 2 aromatic carbocycles. The van der Waals surface area contributed by atoms with Gasteiger partial charge in [0.1, 0.15) is 11.3 Å². The standard InChI is InChI=1S/C27H25ClN2O7S/c1-4-25(31)29(16-20-7-6-12-36-20)15-18-13-19(28)8-10-23(18)30(5-2)38(34,35)21-9-11-24-22(14-21)17(3)26(37-24)27(32)33/h4,6-14H,1,5,15-16H2,2-3H3,(H,32,33). The van der Waals surface area contributed by atoms with Gasteiger partial charge >= 0.3 is 5.97 Å². The van der Waals surface area contributed by atoms with Gasteiger partial charge in [-0.2, -0.15) is 0 Å². The number of amides is 1. The largest absolute Gasteiger partial charge is 0.475 e. The van der Waals surface area contributed by atoms with Gasteiger partial charge in [0.25, 0.3) is 10.0 Å². The molecule has 0 aliphatic carbocycles. The molecule has 0 saturated carbocycles. The van der Waals surface area contributed by atoms with Crippen LogP contribution in [-0.4, -0.2) is 36.8 Å². The Balaban J connectivity index is 1.76. The van der Waals surface area contributed by atoms with Gasteiger partial charge in [0.15, 0.2) is 0 Å². The highest BCUT2D eigenvalue weighted by Crippen LogP contribution is 2.33. The predicted molar refractivity (Wildman–Crippen MR) is 143 cm³/mol. The fraction of sp³-hybridized carbons (Fsp3) is 0.185. The second-order valence-corrected chi connectivity index (χ2v) is 10.7. The van der Waals surface area contributed by atoms with Crippen LogP contribution < -0.4 is 4.31 Å². The normalized spacial score (nSPS) is 11.4. The van der Waals surface area contributed by atoms with E-state index >= 15 is 0 Å². The van der Waals surface area contributed by atoms with Crippen LogP contribution in [0.15, 0.2) is 81.2 Å². The maximum Gasteiger partial charge on any atom is 0.372 e. The molecule has 198 valence electrons. The Morgan fingerprint density at radius 3 is 2.53 bits per heavy atom. The number of aryl methyl sites for hydroxylation is 1. The van der Waals surface area contributed by atoms with Crippen LogP contribution in [0, 0.1) is 6.92 Å². The van der Waals surface area contributed by atoms with E-state index in [0.717, 1.165) is 0 Å². The minimum absolute atomic E-state index is 0.0370. The Morgan fingerprint density at radius 2 is 1.89 bits per heavy atom. The number of rotatable bonds is 10. The van der Waals surface area contributed by atoms with Gasteiger partial charge in [-0.3, -0.25) is 9.10 Å². The Bertz CT molecular complexity index is 1620. The SMILES string of the molecule is C=CC(=O)N(Cc1ccco1)Cc1cc(Cl)ccc1N(CC)S(=O)(=O)c1ccc2oc(C(=O)O)c(C)c2c1. The van der Waals surface area contributed by atoms with E-state index in [0.29, 0.717) is 33.0 Å². The van der Waals surface area contributed by atoms with Crippen LogP contribution in [0.2, 0.25) is 5.02 Å². The Hall–Kier alpha value is -4.02. The Morgan fingerprint density at radius 1 is 1.13 bits per heavy atom. The zero-order chi connectivity index (χ0) is 27.6. The molecule has 0 fully saturated rings. The average Bonchev–Trinajstić information content (AvgIpc) is 3.52. The highest BCUT2D eigenvalue weighted by molar-refractivity contribution is 7.92. The highest BCUT2D eigenvalue weighted by atomic mass is 35.5. The molecule has 1 amide bonds. The topological polar surface area (TPSA) is 121 Å². The number of sulfonamides is 1. The number of furan rings is 2. The fourth-order valence-electron chi connectivity index (χ4n) is 4.22. The van der Waals surface area contributed by atoms with Crippen LogP contribution in [-0.2, 0) is 27.9 Å². The van der Waals surface area contributed by atoms with Crippen molar-refractivity contribution in [3.05, 3.63) is 95.1 Å². The molecule has 2 aromatic heterocycles. The average molecular weight is 557 g/mol. The number of carboxylic acids is 1. The molecule has 0 aliphatic heterocycles. The van der Waals surface area contributed by atoms with Gasteiger partial charge in [0, 0.05) is 29.1 Å². The van der Waals surface area contributed by atoms with Crippen LogP contribution in [0.4, 0.5) is 5.69 Å². The number of carbonyl (C=O) groups is 2. The summed E-state index contributed by atoms with van der Waals surface area (Å²) in [6, 6.07) is 12.4. The zero-order valence-corrected chi connectivity index (χ0v) is 22.3. The van der Waals surface area contributed by atoms with Gasteiger partial charge in [-0.15, -0.1) is 0 Å². The van der Waals surface area contributed by atoms with Gasteiger partial charge in [-0.25, -0.2) is 13.2 Å². The molecule has 4 aromatic rings. The van der Waals surface area contributed by atoms with Gasteiger partial charge < -0.3 is 18.8 Å². The second-order valence-electron chi connectivity index (χ2n) is 8.44. The fourth-order valence-corrected chi connectivity index (χ4v) is 5.96. The summed E-state index contributed by atoms with van der Waals surface area (Å²) in [6.45, 7) is 7.08. The number of halogens is 1. The maximum atomic E-state index is 13.9. The number of carboxylic acid groups (broad SMARTS) is 1. The summed E-state index contributed by atoms with van der Waals surface area (Å²) in [5, 5.41) is 10.1. The summed E-state index contributed by atoms with van der Waals surface area (Å²) in [5.41, 5.74) is 1.44. The summed E-state index contributed by atoms with van der Waals surface area (Å²) in [6.07, 6.45) is 2.68. The molecular formula is C27H25ClN2O7S. The van der Waals surface area contributed by atoms with Crippen LogP contribution >= 0.6 is 11.6 Å². The number of nitrogens with zero attached hydrogens (tertiary/aromatic N) is 2. The highest BCUT2D eigenvalue weighted by Gasteiger charge is 2.28. The molecule has 2 heterocycles. The minimum atomic E-state index is -4.11. The van der Waals surface area contributed by atoms with Crippen molar-refractivity contribution in [3.8, 4) is 0 Å². The molecule has 0 saturated heterocycles. The molecule has 0 spiro atoms. The molecule has 4 rings (SSSR count). The quantitative estimate of drug-likeness (QED) is 0.252. The number of carbonyl (C=O) groups excluding carboxylic acids is 1. The van der Waals surface area contributed by atoms with Crippen molar-refractivity contribution in [2.75, 3.05) is 10.8 Å². The number of hydrogen-bond acceptors (Lipinski definition) is 6. The van der Waals surface area contributed by atoms with E-state index in [-0.39, 0.29) is 41.8 Å². The first-order chi connectivity index (χ1) is 18.1. The van der Waals surface area contributed by atoms with E-state index in [1.165, 1.54) is 39.7 Å². The van der Waals surface area contributed by atoms with E-state index in [2.05, 4.69) is 6.58 Å². The zero-order valence-electron chi connectivity index (χ0n) is 20.7. The number of benzene rings is 2. The van der Waals surface area contributed by atoms with Crippen molar-refractivity contribution >= 4 is 50.2 Å². The van der Waals surface area contributed by atoms with Crippen LogP contribution in [0.25, 0.3) is 11.0 Å². The molecule has 11 heteroatoms. The summed E-state index contributed by atoms with van der Waals surface area (Å²) in [7, 11) is -4.11. The van der Waals surface area contributed by atoms with Crippen LogP contribution in [0.3, 0.4) is 0 Å². The van der Waals surface area contributed by atoms with Gasteiger partial charge in [-0.05, 0) is 74.0 Å². The van der Waals surface area contributed by atoms with Gasteiger partial charge in [-0.1, -0.05) is 18.2 Å². The summed E-state index contributed by atoms with van der Waals surface area (Å²) in [5.74, 6) is -1.30. The lowest BCUT2D eigenvalue weighted by Crippen LogP contribution is -2.33. The van der Waals surface area contributed by atoms with Crippen LogP contribution in [0.1, 0.15) is 34.4 Å². The lowest BCUT2D eigenvalue weighted by molar-refractivity contribution is -0.127. The lowest BCUT2D eigenvalue weighted by atomic mass is 10.1. The second kappa shape index (κ2) is 10.8.